The molecule has 0 amide bonds. The molecular weight excluding hydrogens is 637 g/mol. The first-order chi connectivity index (χ1) is 23.7. The number of ether oxygens (including phenoxy) is 1. The number of nitrogens with zero attached hydrogens (tertiary/aromatic N) is 6. The number of anilines is 2. The van der Waals surface area contributed by atoms with Crippen molar-refractivity contribution in [3.63, 3.8) is 0 Å². The number of hydrogen-bond acceptors (Lipinski definition) is 7. The largest absolute Gasteiger partial charge is 0.487 e. The normalized spacial score (nSPS) is 14.3. The van der Waals surface area contributed by atoms with Gasteiger partial charge in [0.2, 0.25) is 0 Å². The van der Waals surface area contributed by atoms with E-state index in [4.69, 9.17) is 16.3 Å². The van der Waals surface area contributed by atoms with Gasteiger partial charge in [-0.2, -0.15) is 0 Å². The number of benzene rings is 4. The summed E-state index contributed by atoms with van der Waals surface area (Å²) in [5, 5.41) is 13.7. The van der Waals surface area contributed by atoms with Crippen molar-refractivity contribution in [1.29, 1.82) is 0 Å². The summed E-state index contributed by atoms with van der Waals surface area (Å²) < 4.78 is 21.4. The van der Waals surface area contributed by atoms with Crippen molar-refractivity contribution < 1.29 is 9.13 Å². The van der Waals surface area contributed by atoms with Crippen LogP contribution in [0, 0.1) is 5.82 Å². The van der Waals surface area contributed by atoms with E-state index in [1.807, 2.05) is 35.1 Å². The van der Waals surface area contributed by atoms with Gasteiger partial charge in [-0.3, -0.25) is 4.90 Å². The number of piperidine rings is 1. The molecule has 1 aliphatic rings. The summed E-state index contributed by atoms with van der Waals surface area (Å²) >= 11 is 6.55. The Morgan fingerprint density at radius 1 is 0.918 bits per heavy atom. The van der Waals surface area contributed by atoms with Gasteiger partial charge in [0.25, 0.3) is 0 Å². The molecule has 1 fully saturated rings. The van der Waals surface area contributed by atoms with Crippen LogP contribution in [0.15, 0.2) is 97.5 Å². The summed E-state index contributed by atoms with van der Waals surface area (Å²) in [7, 11) is 0. The zero-order valence-corrected chi connectivity index (χ0v) is 28.7. The molecule has 49 heavy (non-hydrogen) atoms. The summed E-state index contributed by atoms with van der Waals surface area (Å²) in [5.41, 5.74) is 6.90. The van der Waals surface area contributed by atoms with Crippen LogP contribution in [0.5, 0.6) is 5.75 Å². The fourth-order valence-corrected chi connectivity index (χ4v) is 6.47. The molecule has 0 aliphatic carbocycles. The second-order valence-electron chi connectivity index (χ2n) is 13.7. The maximum atomic E-state index is 13.5. The van der Waals surface area contributed by atoms with E-state index in [-0.39, 0.29) is 17.8 Å². The van der Waals surface area contributed by atoms with E-state index in [9.17, 15) is 4.39 Å². The van der Waals surface area contributed by atoms with E-state index in [0.29, 0.717) is 22.6 Å². The highest BCUT2D eigenvalue weighted by Gasteiger charge is 2.23. The molecule has 2 aromatic heterocycles. The molecule has 10 heteroatoms. The molecular formula is C39H39ClFN7O. The third-order valence-corrected chi connectivity index (χ3v) is 9.37. The van der Waals surface area contributed by atoms with Crippen LogP contribution in [-0.2, 0) is 18.6 Å². The quantitative estimate of drug-likeness (QED) is 0.164. The first kappa shape index (κ1) is 32.7. The SMILES string of the molecule is CC(C)(C)c1ccc(CN2CCC(n3cc(-c4ccc5ncnc(Nc6ccc(OCc7cccc(F)c7)c(Cl)c6)c5c4)nn3)CC2)cc1. The third-order valence-electron chi connectivity index (χ3n) is 9.08. The van der Waals surface area contributed by atoms with Crippen molar-refractivity contribution in [2.75, 3.05) is 18.4 Å². The molecule has 0 spiro atoms. The molecule has 1 saturated heterocycles. The van der Waals surface area contributed by atoms with Gasteiger partial charge in [-0.1, -0.05) is 80.1 Å². The fourth-order valence-electron chi connectivity index (χ4n) is 6.23. The Morgan fingerprint density at radius 2 is 1.73 bits per heavy atom. The Hall–Kier alpha value is -4.86. The van der Waals surface area contributed by atoms with E-state index >= 15 is 0 Å². The average molecular weight is 676 g/mol. The number of nitrogens with one attached hydrogen (secondary N) is 1. The van der Waals surface area contributed by atoms with E-state index < -0.39 is 0 Å². The van der Waals surface area contributed by atoms with Crippen molar-refractivity contribution in [3.05, 3.63) is 125 Å². The Bertz CT molecular complexity index is 2070. The van der Waals surface area contributed by atoms with Gasteiger partial charge in [0.15, 0.2) is 0 Å². The minimum Gasteiger partial charge on any atom is -0.487 e. The zero-order valence-electron chi connectivity index (χ0n) is 27.9. The van der Waals surface area contributed by atoms with Gasteiger partial charge < -0.3 is 10.1 Å². The number of fused-ring (bicyclic) bond motifs is 1. The molecule has 0 atom stereocenters. The van der Waals surface area contributed by atoms with Gasteiger partial charge in [0.05, 0.1) is 22.8 Å². The van der Waals surface area contributed by atoms with Crippen molar-refractivity contribution in [3.8, 4) is 17.0 Å². The predicted molar refractivity (Wildman–Crippen MR) is 193 cm³/mol. The first-order valence-corrected chi connectivity index (χ1v) is 17.0. The monoisotopic (exact) mass is 675 g/mol. The lowest BCUT2D eigenvalue weighted by Crippen LogP contribution is -2.34. The molecule has 0 unspecified atom stereocenters. The van der Waals surface area contributed by atoms with E-state index in [2.05, 4.69) is 75.5 Å². The smallest absolute Gasteiger partial charge is 0.141 e. The molecule has 7 rings (SSSR count). The topological polar surface area (TPSA) is 81.0 Å². The minimum absolute atomic E-state index is 0.167. The summed E-state index contributed by atoms with van der Waals surface area (Å²) in [6.45, 7) is 9.97. The molecule has 0 bridgehead atoms. The lowest BCUT2D eigenvalue weighted by molar-refractivity contribution is 0.172. The molecule has 8 nitrogen and oxygen atoms in total. The van der Waals surface area contributed by atoms with E-state index in [0.717, 1.165) is 65.9 Å². The highest BCUT2D eigenvalue weighted by molar-refractivity contribution is 6.32. The number of likely N-dealkylation sites (tertiary alicyclic amines) is 1. The molecule has 3 heterocycles. The number of rotatable bonds is 9. The van der Waals surface area contributed by atoms with Crippen LogP contribution in [0.4, 0.5) is 15.9 Å². The van der Waals surface area contributed by atoms with Crippen LogP contribution in [0.1, 0.15) is 56.3 Å². The van der Waals surface area contributed by atoms with Crippen LogP contribution in [0.2, 0.25) is 5.02 Å². The minimum atomic E-state index is -0.304. The summed E-state index contributed by atoms with van der Waals surface area (Å²) in [4.78, 5) is 11.5. The molecule has 1 N–H and O–H groups in total. The maximum Gasteiger partial charge on any atom is 0.141 e. The van der Waals surface area contributed by atoms with Crippen molar-refractivity contribution in [2.45, 2.75) is 58.2 Å². The molecule has 0 radical (unpaired) electrons. The highest BCUT2D eigenvalue weighted by Crippen LogP contribution is 2.33. The predicted octanol–water partition coefficient (Wildman–Crippen LogP) is 9.14. The molecule has 6 aromatic rings. The summed E-state index contributed by atoms with van der Waals surface area (Å²) in [6, 6.07) is 27.1. The third kappa shape index (κ3) is 7.74. The van der Waals surface area contributed by atoms with Crippen LogP contribution >= 0.6 is 11.6 Å². The van der Waals surface area contributed by atoms with Crippen molar-refractivity contribution >= 4 is 34.0 Å². The van der Waals surface area contributed by atoms with Crippen molar-refractivity contribution in [1.82, 2.24) is 29.9 Å². The highest BCUT2D eigenvalue weighted by atomic mass is 35.5. The second-order valence-corrected chi connectivity index (χ2v) is 14.1. The van der Waals surface area contributed by atoms with Gasteiger partial charge >= 0.3 is 0 Å². The average Bonchev–Trinajstić information content (AvgIpc) is 3.59. The number of halogens is 2. The van der Waals surface area contributed by atoms with Crippen molar-refractivity contribution in [2.24, 2.45) is 0 Å². The van der Waals surface area contributed by atoms with E-state index in [1.54, 1.807) is 24.3 Å². The van der Waals surface area contributed by atoms with Gasteiger partial charge in [0.1, 0.15) is 36.0 Å². The van der Waals surface area contributed by atoms with Crippen LogP contribution in [0.25, 0.3) is 22.2 Å². The summed E-state index contributed by atoms with van der Waals surface area (Å²) in [6.07, 6.45) is 5.64. The molecule has 0 saturated carbocycles. The fraction of sp³-hybridized carbons (Fsp3) is 0.282. The van der Waals surface area contributed by atoms with Gasteiger partial charge in [0, 0.05) is 36.3 Å². The number of aromatic nitrogens is 5. The van der Waals surface area contributed by atoms with E-state index in [1.165, 1.54) is 29.6 Å². The lowest BCUT2D eigenvalue weighted by atomic mass is 9.86. The second kappa shape index (κ2) is 13.9. The lowest BCUT2D eigenvalue weighted by Gasteiger charge is -2.32. The zero-order chi connectivity index (χ0) is 34.0. The summed E-state index contributed by atoms with van der Waals surface area (Å²) in [5.74, 6) is 0.844. The first-order valence-electron chi connectivity index (χ1n) is 16.6. The Labute approximate surface area is 290 Å². The Kier molecular flexibility index (Phi) is 9.29. The molecule has 250 valence electrons. The molecule has 1 aliphatic heterocycles. The standard InChI is InChI=1S/C39H39ClFN7O/c1-39(2,3)29-10-7-26(8-11-29)22-47-17-15-32(16-18-47)48-23-36(45-46-48)28-9-13-35-33(20-28)38(43-25-42-35)44-31-12-14-37(34(40)21-31)49-24-27-5-4-6-30(41)19-27/h4-14,19-21,23,25,32H,15-18,22,24H2,1-3H3,(H,42,43,44). The Morgan fingerprint density at radius 3 is 2.49 bits per heavy atom. The van der Waals surface area contributed by atoms with Crippen LogP contribution < -0.4 is 10.1 Å². The Balaban J connectivity index is 0.999. The van der Waals surface area contributed by atoms with Gasteiger partial charge in [-0.25, -0.2) is 19.0 Å². The maximum absolute atomic E-state index is 13.5. The van der Waals surface area contributed by atoms with Gasteiger partial charge in [-0.15, -0.1) is 5.10 Å². The van der Waals surface area contributed by atoms with Gasteiger partial charge in [-0.05, 0) is 77.4 Å². The molecule has 4 aromatic carbocycles. The number of hydrogen-bond donors (Lipinski definition) is 1. The van der Waals surface area contributed by atoms with Crippen LogP contribution in [-0.4, -0.2) is 43.0 Å². The van der Waals surface area contributed by atoms with Crippen LogP contribution in [0.3, 0.4) is 0 Å².